The number of benzene rings is 1. The molecular formula is C12H13ClN2S. The summed E-state index contributed by atoms with van der Waals surface area (Å²) < 4.78 is 3.01. The Bertz CT molecular complexity index is 607. The van der Waals surface area contributed by atoms with Gasteiger partial charge in [0.1, 0.15) is 0 Å². The van der Waals surface area contributed by atoms with E-state index in [2.05, 4.69) is 22.5 Å². The van der Waals surface area contributed by atoms with Crippen molar-refractivity contribution in [3.63, 3.8) is 0 Å². The van der Waals surface area contributed by atoms with Gasteiger partial charge in [-0.3, -0.25) is 0 Å². The molecule has 1 heterocycles. The average Bonchev–Trinajstić information content (AvgIpc) is 2.53. The van der Waals surface area contributed by atoms with Crippen molar-refractivity contribution in [1.29, 1.82) is 0 Å². The Kier molecular flexibility index (Phi) is 2.17. The minimum absolute atomic E-state index is 0.181. The summed E-state index contributed by atoms with van der Waals surface area (Å²) in [5, 5.41) is 0.741. The molecule has 0 spiro atoms. The lowest BCUT2D eigenvalue weighted by Gasteiger charge is -2.40. The number of H-pyrrole nitrogens is 1. The molecule has 1 fully saturated rings. The fourth-order valence-corrected chi connectivity index (χ4v) is 3.18. The van der Waals surface area contributed by atoms with Crippen LogP contribution in [0.2, 0.25) is 5.02 Å². The highest BCUT2D eigenvalue weighted by Crippen LogP contribution is 2.41. The van der Waals surface area contributed by atoms with Crippen molar-refractivity contribution in [2.75, 3.05) is 0 Å². The lowest BCUT2D eigenvalue weighted by Crippen LogP contribution is -2.37. The minimum Gasteiger partial charge on any atom is -0.329 e. The van der Waals surface area contributed by atoms with Gasteiger partial charge in [-0.15, -0.1) is 0 Å². The number of nitrogens with zero attached hydrogens (tertiary/aromatic N) is 1. The topological polar surface area (TPSA) is 20.7 Å². The zero-order valence-corrected chi connectivity index (χ0v) is 10.7. The number of para-hydroxylation sites is 1. The fourth-order valence-electron chi connectivity index (χ4n) is 2.54. The maximum Gasteiger partial charge on any atom is 0.178 e. The normalized spacial score (nSPS) is 18.6. The highest BCUT2D eigenvalue weighted by molar-refractivity contribution is 7.71. The van der Waals surface area contributed by atoms with Gasteiger partial charge in [0, 0.05) is 5.54 Å². The molecular weight excluding hydrogens is 240 g/mol. The third-order valence-corrected chi connectivity index (χ3v) is 4.24. The Balaban J connectivity index is 2.36. The number of hydrogen-bond acceptors (Lipinski definition) is 1. The number of nitrogens with one attached hydrogen (secondary N) is 1. The maximum atomic E-state index is 6.16. The number of aromatic amines is 1. The molecule has 0 radical (unpaired) electrons. The Hall–Kier alpha value is -0.800. The second-order valence-corrected chi connectivity index (χ2v) is 5.54. The first-order valence-electron chi connectivity index (χ1n) is 5.52. The van der Waals surface area contributed by atoms with Crippen molar-refractivity contribution >= 4 is 34.9 Å². The van der Waals surface area contributed by atoms with E-state index < -0.39 is 0 Å². The van der Waals surface area contributed by atoms with Crippen LogP contribution in [-0.2, 0) is 5.54 Å². The summed E-state index contributed by atoms with van der Waals surface area (Å²) in [6, 6.07) is 5.95. The van der Waals surface area contributed by atoms with Gasteiger partial charge in [0.2, 0.25) is 0 Å². The van der Waals surface area contributed by atoms with Crippen molar-refractivity contribution in [1.82, 2.24) is 9.55 Å². The van der Waals surface area contributed by atoms with Gasteiger partial charge in [-0.1, -0.05) is 17.7 Å². The largest absolute Gasteiger partial charge is 0.329 e. The Morgan fingerprint density at radius 3 is 2.81 bits per heavy atom. The first-order valence-corrected chi connectivity index (χ1v) is 6.30. The SMILES string of the molecule is CC1(n2c(=S)[nH]c3c(Cl)cccc32)CCC1. The van der Waals surface area contributed by atoms with Gasteiger partial charge in [0.25, 0.3) is 0 Å². The van der Waals surface area contributed by atoms with Crippen LogP contribution in [0.3, 0.4) is 0 Å². The molecule has 2 nitrogen and oxygen atoms in total. The first-order chi connectivity index (χ1) is 7.62. The zero-order valence-electron chi connectivity index (χ0n) is 9.09. The van der Waals surface area contributed by atoms with E-state index in [-0.39, 0.29) is 5.54 Å². The molecule has 1 N–H and O–H groups in total. The highest BCUT2D eigenvalue weighted by atomic mass is 35.5. The average molecular weight is 253 g/mol. The number of aromatic nitrogens is 2. The van der Waals surface area contributed by atoms with Crippen molar-refractivity contribution in [2.24, 2.45) is 0 Å². The van der Waals surface area contributed by atoms with E-state index in [9.17, 15) is 0 Å². The summed E-state index contributed by atoms with van der Waals surface area (Å²) in [6.45, 7) is 2.26. The fraction of sp³-hybridized carbons (Fsp3) is 0.417. The number of hydrogen-bond donors (Lipinski definition) is 1. The van der Waals surface area contributed by atoms with Crippen LogP contribution in [0.15, 0.2) is 18.2 Å². The summed E-state index contributed by atoms with van der Waals surface area (Å²) >= 11 is 11.6. The lowest BCUT2D eigenvalue weighted by molar-refractivity contribution is 0.172. The van der Waals surface area contributed by atoms with Crippen LogP contribution in [0, 0.1) is 4.77 Å². The maximum absolute atomic E-state index is 6.16. The molecule has 3 rings (SSSR count). The molecule has 1 aliphatic rings. The van der Waals surface area contributed by atoms with Crippen molar-refractivity contribution in [2.45, 2.75) is 31.7 Å². The van der Waals surface area contributed by atoms with Crippen LogP contribution in [-0.4, -0.2) is 9.55 Å². The summed E-state index contributed by atoms with van der Waals surface area (Å²) in [6.07, 6.45) is 3.67. The molecule has 0 saturated heterocycles. The molecule has 84 valence electrons. The third-order valence-electron chi connectivity index (χ3n) is 3.64. The molecule has 1 aromatic carbocycles. The molecule has 4 heteroatoms. The standard InChI is InChI=1S/C12H13ClN2S/c1-12(6-3-7-12)15-9-5-2-4-8(13)10(9)14-11(15)16/h2,4-5H,3,6-7H2,1H3,(H,14,16). The molecule has 1 aromatic heterocycles. The monoisotopic (exact) mass is 252 g/mol. The van der Waals surface area contributed by atoms with E-state index >= 15 is 0 Å². The number of rotatable bonds is 1. The van der Waals surface area contributed by atoms with E-state index in [0.29, 0.717) is 0 Å². The van der Waals surface area contributed by atoms with Gasteiger partial charge in [-0.2, -0.15) is 0 Å². The zero-order chi connectivity index (χ0) is 11.3. The van der Waals surface area contributed by atoms with Gasteiger partial charge < -0.3 is 9.55 Å². The number of fused-ring (bicyclic) bond motifs is 1. The van der Waals surface area contributed by atoms with Crippen LogP contribution in [0.4, 0.5) is 0 Å². The quantitative estimate of drug-likeness (QED) is 0.753. The van der Waals surface area contributed by atoms with Crippen LogP contribution in [0.25, 0.3) is 11.0 Å². The molecule has 0 bridgehead atoms. The minimum atomic E-state index is 0.181. The summed E-state index contributed by atoms with van der Waals surface area (Å²) in [5.41, 5.74) is 2.27. The summed E-state index contributed by atoms with van der Waals surface area (Å²) in [7, 11) is 0. The second kappa shape index (κ2) is 3.34. The van der Waals surface area contributed by atoms with Gasteiger partial charge in [-0.25, -0.2) is 0 Å². The Morgan fingerprint density at radius 2 is 2.19 bits per heavy atom. The predicted molar refractivity (Wildman–Crippen MR) is 69.6 cm³/mol. The number of halogens is 1. The molecule has 0 amide bonds. The predicted octanol–water partition coefficient (Wildman–Crippen LogP) is 4.25. The summed E-state index contributed by atoms with van der Waals surface area (Å²) in [4.78, 5) is 3.22. The number of imidazole rings is 1. The molecule has 0 aliphatic heterocycles. The van der Waals surface area contributed by atoms with Crippen LogP contribution < -0.4 is 0 Å². The van der Waals surface area contributed by atoms with Gasteiger partial charge in [0.05, 0.1) is 16.1 Å². The van der Waals surface area contributed by atoms with Crippen molar-refractivity contribution in [3.8, 4) is 0 Å². The van der Waals surface area contributed by atoms with E-state index in [1.54, 1.807) is 0 Å². The van der Waals surface area contributed by atoms with Gasteiger partial charge in [-0.05, 0) is 50.5 Å². The van der Waals surface area contributed by atoms with Crippen LogP contribution >= 0.6 is 23.8 Å². The first kappa shape index (κ1) is 10.4. The van der Waals surface area contributed by atoms with E-state index in [0.717, 1.165) is 20.8 Å². The van der Waals surface area contributed by atoms with Crippen LogP contribution in [0.1, 0.15) is 26.2 Å². The Labute approximate surface area is 104 Å². The third kappa shape index (κ3) is 1.28. The summed E-state index contributed by atoms with van der Waals surface area (Å²) in [5.74, 6) is 0. The second-order valence-electron chi connectivity index (χ2n) is 4.75. The molecule has 2 aromatic rings. The molecule has 0 atom stereocenters. The Morgan fingerprint density at radius 1 is 1.44 bits per heavy atom. The van der Waals surface area contributed by atoms with Gasteiger partial charge in [0.15, 0.2) is 4.77 Å². The van der Waals surface area contributed by atoms with E-state index in [4.69, 9.17) is 23.8 Å². The van der Waals surface area contributed by atoms with Crippen LogP contribution in [0.5, 0.6) is 0 Å². The molecule has 1 saturated carbocycles. The van der Waals surface area contributed by atoms with E-state index in [1.807, 2.05) is 12.1 Å². The highest BCUT2D eigenvalue weighted by Gasteiger charge is 2.35. The van der Waals surface area contributed by atoms with Crippen molar-refractivity contribution in [3.05, 3.63) is 28.0 Å². The van der Waals surface area contributed by atoms with Crippen molar-refractivity contribution < 1.29 is 0 Å². The smallest absolute Gasteiger partial charge is 0.178 e. The molecule has 1 aliphatic carbocycles. The molecule has 0 unspecified atom stereocenters. The van der Waals surface area contributed by atoms with Gasteiger partial charge >= 0.3 is 0 Å². The lowest BCUT2D eigenvalue weighted by atomic mass is 9.78. The molecule has 16 heavy (non-hydrogen) atoms. The van der Waals surface area contributed by atoms with E-state index in [1.165, 1.54) is 19.3 Å².